The van der Waals surface area contributed by atoms with Gasteiger partial charge in [0.05, 0.1) is 0 Å². The fourth-order valence-corrected chi connectivity index (χ4v) is 0.293. The smallest absolute Gasteiger partial charge is 0.0419 e. The lowest BCUT2D eigenvalue weighted by atomic mass is 9.96. The monoisotopic (exact) mass is 141 g/mol. The first-order valence-corrected chi connectivity index (χ1v) is 3.15. The highest BCUT2D eigenvalue weighted by Gasteiger charge is 2.07. The molecule has 0 aliphatic rings. The van der Waals surface area contributed by atoms with Crippen molar-refractivity contribution in [2.45, 2.75) is 13.8 Å². The zero-order valence-corrected chi connectivity index (χ0v) is 6.83. The second-order valence-electron chi connectivity index (χ2n) is 2.84. The predicted molar refractivity (Wildman–Crippen MR) is 44.4 cm³/mol. The van der Waals surface area contributed by atoms with Crippen molar-refractivity contribution in [3.05, 3.63) is 12.7 Å². The van der Waals surface area contributed by atoms with Crippen LogP contribution in [0.1, 0.15) is 13.8 Å². The number of allylic oxidation sites excluding steroid dienone is 1. The molecule has 0 aliphatic carbocycles. The Bertz CT molecular complexity index is 136. The second kappa shape index (κ2) is 3.37. The number of hydrazine groups is 1. The van der Waals surface area contributed by atoms with Crippen LogP contribution in [0, 0.1) is 5.41 Å². The molecule has 3 heteroatoms. The van der Waals surface area contributed by atoms with Crippen LogP contribution in [-0.4, -0.2) is 18.4 Å². The van der Waals surface area contributed by atoms with Gasteiger partial charge in [-0.3, -0.25) is 0 Å². The Kier molecular flexibility index (Phi) is 3.09. The maximum atomic E-state index is 5.26. The molecule has 0 bridgehead atoms. The zero-order chi connectivity index (χ0) is 8.20. The Labute approximate surface area is 62.2 Å². The standard InChI is InChI=1S/C7H15N3/c1-5-7(2,3)6-9-10(4)8/h5-6H,1,8H2,2-4H3/b9-6-. The van der Waals surface area contributed by atoms with Crippen molar-refractivity contribution in [3.8, 4) is 0 Å². The van der Waals surface area contributed by atoms with Crippen molar-refractivity contribution >= 4 is 6.21 Å². The van der Waals surface area contributed by atoms with Gasteiger partial charge in [-0.1, -0.05) is 19.9 Å². The third-order valence-corrected chi connectivity index (χ3v) is 1.10. The lowest BCUT2D eigenvalue weighted by molar-refractivity contribution is 0.369. The van der Waals surface area contributed by atoms with Crippen molar-refractivity contribution in [2.75, 3.05) is 7.05 Å². The molecule has 0 radical (unpaired) electrons. The van der Waals surface area contributed by atoms with Crippen LogP contribution < -0.4 is 5.84 Å². The SMILES string of the molecule is C=CC(C)(C)/C=N\N(C)N. The molecule has 0 atom stereocenters. The molecule has 0 aromatic rings. The molecule has 0 saturated heterocycles. The lowest BCUT2D eigenvalue weighted by Gasteiger charge is -2.13. The van der Waals surface area contributed by atoms with Crippen molar-refractivity contribution in [1.82, 2.24) is 5.12 Å². The first kappa shape index (κ1) is 9.17. The van der Waals surface area contributed by atoms with E-state index < -0.39 is 0 Å². The number of nitrogens with zero attached hydrogens (tertiary/aromatic N) is 2. The zero-order valence-electron chi connectivity index (χ0n) is 6.83. The Balaban J connectivity index is 3.98. The fraction of sp³-hybridized carbons (Fsp3) is 0.571. The third-order valence-electron chi connectivity index (χ3n) is 1.10. The van der Waals surface area contributed by atoms with Crippen molar-refractivity contribution < 1.29 is 0 Å². The maximum Gasteiger partial charge on any atom is 0.0419 e. The highest BCUT2D eigenvalue weighted by Crippen LogP contribution is 2.11. The van der Waals surface area contributed by atoms with Gasteiger partial charge < -0.3 is 0 Å². The van der Waals surface area contributed by atoms with Crippen LogP contribution >= 0.6 is 0 Å². The Morgan fingerprint density at radius 2 is 2.10 bits per heavy atom. The summed E-state index contributed by atoms with van der Waals surface area (Å²) in [5.41, 5.74) is -0.0758. The van der Waals surface area contributed by atoms with Gasteiger partial charge in [-0.15, -0.1) is 6.58 Å². The molecule has 2 N–H and O–H groups in total. The Morgan fingerprint density at radius 3 is 2.40 bits per heavy atom. The van der Waals surface area contributed by atoms with Crippen LogP contribution in [0.15, 0.2) is 17.8 Å². The van der Waals surface area contributed by atoms with Crippen LogP contribution in [0.5, 0.6) is 0 Å². The molecule has 0 aromatic heterocycles. The normalized spacial score (nSPS) is 12.0. The van der Waals surface area contributed by atoms with Gasteiger partial charge in [-0.05, 0) is 0 Å². The molecule has 0 saturated carbocycles. The summed E-state index contributed by atoms with van der Waals surface area (Å²) in [7, 11) is 1.68. The molecule has 0 aliphatic heterocycles. The summed E-state index contributed by atoms with van der Waals surface area (Å²) < 4.78 is 0. The van der Waals surface area contributed by atoms with E-state index in [1.165, 1.54) is 5.12 Å². The molecule has 0 spiro atoms. The summed E-state index contributed by atoms with van der Waals surface area (Å²) in [4.78, 5) is 0. The van der Waals surface area contributed by atoms with E-state index in [4.69, 9.17) is 5.84 Å². The van der Waals surface area contributed by atoms with Gasteiger partial charge in [0.2, 0.25) is 0 Å². The van der Waals surface area contributed by atoms with Gasteiger partial charge in [-0.2, -0.15) is 5.10 Å². The van der Waals surface area contributed by atoms with E-state index in [-0.39, 0.29) is 5.41 Å². The van der Waals surface area contributed by atoms with Gasteiger partial charge in [0, 0.05) is 18.7 Å². The van der Waals surface area contributed by atoms with E-state index in [2.05, 4.69) is 11.7 Å². The quantitative estimate of drug-likeness (QED) is 0.275. The number of nitrogens with two attached hydrogens (primary N) is 1. The minimum atomic E-state index is -0.0758. The predicted octanol–water partition coefficient (Wildman–Crippen LogP) is 0.990. The number of hydrogen-bond donors (Lipinski definition) is 1. The summed E-state index contributed by atoms with van der Waals surface area (Å²) in [5.74, 6) is 5.26. The van der Waals surface area contributed by atoms with E-state index in [0.29, 0.717) is 0 Å². The molecule has 0 amide bonds. The fourth-order valence-electron chi connectivity index (χ4n) is 0.293. The first-order chi connectivity index (χ1) is 4.48. The maximum absolute atomic E-state index is 5.26. The average Bonchev–Trinajstić information content (AvgIpc) is 1.85. The molecular formula is C7H15N3. The highest BCUT2D eigenvalue weighted by molar-refractivity contribution is 5.66. The van der Waals surface area contributed by atoms with Crippen LogP contribution in [0.4, 0.5) is 0 Å². The first-order valence-electron chi connectivity index (χ1n) is 3.15. The summed E-state index contributed by atoms with van der Waals surface area (Å²) in [6.45, 7) is 7.67. The lowest BCUT2D eigenvalue weighted by Crippen LogP contribution is -2.21. The second-order valence-corrected chi connectivity index (χ2v) is 2.84. The van der Waals surface area contributed by atoms with E-state index >= 15 is 0 Å². The minimum absolute atomic E-state index is 0.0758. The van der Waals surface area contributed by atoms with Crippen LogP contribution in [0.2, 0.25) is 0 Å². The van der Waals surface area contributed by atoms with Gasteiger partial charge in [0.15, 0.2) is 0 Å². The molecule has 58 valence electrons. The number of hydrogen-bond acceptors (Lipinski definition) is 3. The molecule has 0 unspecified atom stereocenters. The average molecular weight is 141 g/mol. The van der Waals surface area contributed by atoms with E-state index in [0.717, 1.165) is 0 Å². The Hall–Kier alpha value is -0.830. The van der Waals surface area contributed by atoms with E-state index in [1.807, 2.05) is 19.9 Å². The van der Waals surface area contributed by atoms with Crippen molar-refractivity contribution in [2.24, 2.45) is 16.4 Å². The molecule has 0 aromatic carbocycles. The molecule has 3 nitrogen and oxygen atoms in total. The molecular weight excluding hydrogens is 126 g/mol. The molecule has 0 fully saturated rings. The number of hydrazone groups is 1. The molecule has 0 heterocycles. The van der Waals surface area contributed by atoms with Crippen molar-refractivity contribution in [1.29, 1.82) is 0 Å². The van der Waals surface area contributed by atoms with Gasteiger partial charge >= 0.3 is 0 Å². The third kappa shape index (κ3) is 4.09. The summed E-state index contributed by atoms with van der Waals surface area (Å²) in [6.07, 6.45) is 3.57. The van der Waals surface area contributed by atoms with E-state index in [1.54, 1.807) is 13.3 Å². The number of rotatable bonds is 3. The van der Waals surface area contributed by atoms with Crippen LogP contribution in [0.25, 0.3) is 0 Å². The van der Waals surface area contributed by atoms with Crippen molar-refractivity contribution in [3.63, 3.8) is 0 Å². The summed E-state index contributed by atoms with van der Waals surface area (Å²) >= 11 is 0. The van der Waals surface area contributed by atoms with Gasteiger partial charge in [0.25, 0.3) is 0 Å². The van der Waals surface area contributed by atoms with Gasteiger partial charge in [-0.25, -0.2) is 11.0 Å². The van der Waals surface area contributed by atoms with Crippen LogP contribution in [0.3, 0.4) is 0 Å². The summed E-state index contributed by atoms with van der Waals surface area (Å²) in [6, 6.07) is 0. The van der Waals surface area contributed by atoms with Crippen LogP contribution in [-0.2, 0) is 0 Å². The Morgan fingerprint density at radius 1 is 1.60 bits per heavy atom. The minimum Gasteiger partial charge on any atom is -0.236 e. The largest absolute Gasteiger partial charge is 0.236 e. The molecule has 0 rings (SSSR count). The highest BCUT2D eigenvalue weighted by atomic mass is 15.6. The molecule has 10 heavy (non-hydrogen) atoms. The van der Waals surface area contributed by atoms with Gasteiger partial charge in [0.1, 0.15) is 0 Å². The van der Waals surface area contributed by atoms with E-state index in [9.17, 15) is 0 Å². The topological polar surface area (TPSA) is 41.6 Å². The summed E-state index contributed by atoms with van der Waals surface area (Å²) in [5, 5.41) is 5.15.